The van der Waals surface area contributed by atoms with Crippen molar-refractivity contribution in [2.45, 2.75) is 26.4 Å². The first-order valence-corrected chi connectivity index (χ1v) is 7.93. The molecule has 1 aromatic carbocycles. The number of carboxylic acid groups (broad SMARTS) is 1. The van der Waals surface area contributed by atoms with Crippen molar-refractivity contribution in [2.75, 3.05) is 0 Å². The van der Waals surface area contributed by atoms with Crippen LogP contribution >= 0.6 is 27.3 Å². The predicted octanol–water partition coefficient (Wildman–Crippen LogP) is 5.05. The molecule has 0 fully saturated rings. The Morgan fingerprint density at radius 3 is 2.81 bits per heavy atom. The third kappa shape index (κ3) is 3.63. The second-order valence-electron chi connectivity index (χ2n) is 4.80. The SMILES string of the molecule is CC(C)c1cc(OCc2cccc(F)c2Br)c(C(=O)O)s1. The van der Waals surface area contributed by atoms with Crippen LogP contribution in [-0.2, 0) is 6.61 Å². The molecule has 0 aliphatic carbocycles. The zero-order valence-corrected chi connectivity index (χ0v) is 13.9. The van der Waals surface area contributed by atoms with E-state index >= 15 is 0 Å². The molecule has 0 atom stereocenters. The van der Waals surface area contributed by atoms with E-state index in [9.17, 15) is 14.3 Å². The number of ether oxygens (including phenoxy) is 1. The molecule has 0 saturated heterocycles. The molecular weight excluding hydrogens is 359 g/mol. The van der Waals surface area contributed by atoms with Crippen LogP contribution in [0.4, 0.5) is 4.39 Å². The molecule has 6 heteroatoms. The summed E-state index contributed by atoms with van der Waals surface area (Å²) in [5.74, 6) is -0.832. The molecule has 0 aliphatic rings. The van der Waals surface area contributed by atoms with Crippen molar-refractivity contribution >= 4 is 33.2 Å². The van der Waals surface area contributed by atoms with Gasteiger partial charge in [0.25, 0.3) is 0 Å². The van der Waals surface area contributed by atoms with Gasteiger partial charge in [-0.1, -0.05) is 26.0 Å². The summed E-state index contributed by atoms with van der Waals surface area (Å²) < 4.78 is 19.3. The second-order valence-corrected chi connectivity index (χ2v) is 6.68. The van der Waals surface area contributed by atoms with Crippen LogP contribution < -0.4 is 4.74 Å². The molecule has 1 N–H and O–H groups in total. The zero-order chi connectivity index (χ0) is 15.6. The fourth-order valence-electron chi connectivity index (χ4n) is 1.75. The molecule has 21 heavy (non-hydrogen) atoms. The van der Waals surface area contributed by atoms with Crippen molar-refractivity contribution in [3.8, 4) is 5.75 Å². The highest BCUT2D eigenvalue weighted by Gasteiger charge is 2.18. The number of halogens is 2. The molecule has 0 aliphatic heterocycles. The Kier molecular flexibility index (Phi) is 5.00. The van der Waals surface area contributed by atoms with E-state index in [0.29, 0.717) is 15.8 Å². The summed E-state index contributed by atoms with van der Waals surface area (Å²) in [6.45, 7) is 4.09. The number of hydrogen-bond acceptors (Lipinski definition) is 3. The van der Waals surface area contributed by atoms with Gasteiger partial charge < -0.3 is 9.84 Å². The Hall–Kier alpha value is -1.40. The molecule has 1 heterocycles. The van der Waals surface area contributed by atoms with Crippen molar-refractivity contribution in [1.29, 1.82) is 0 Å². The van der Waals surface area contributed by atoms with Gasteiger partial charge in [-0.25, -0.2) is 9.18 Å². The van der Waals surface area contributed by atoms with Gasteiger partial charge in [0.15, 0.2) is 4.88 Å². The van der Waals surface area contributed by atoms with E-state index in [0.717, 1.165) is 4.88 Å². The Bertz CT molecular complexity index is 667. The summed E-state index contributed by atoms with van der Waals surface area (Å²) in [4.78, 5) is 12.4. The number of carbonyl (C=O) groups is 1. The van der Waals surface area contributed by atoms with Gasteiger partial charge in [-0.2, -0.15) is 0 Å². The van der Waals surface area contributed by atoms with Gasteiger partial charge in [0, 0.05) is 10.4 Å². The highest BCUT2D eigenvalue weighted by Crippen LogP contribution is 2.34. The Labute approximate surface area is 134 Å². The molecule has 2 rings (SSSR count). The molecule has 0 unspecified atom stereocenters. The molecule has 112 valence electrons. The van der Waals surface area contributed by atoms with Gasteiger partial charge >= 0.3 is 5.97 Å². The molecule has 0 bridgehead atoms. The lowest BCUT2D eigenvalue weighted by Gasteiger charge is -2.08. The van der Waals surface area contributed by atoms with Crippen LogP contribution in [0.25, 0.3) is 0 Å². The standard InChI is InChI=1S/C15H14BrFO3S/c1-8(2)12-6-11(14(21-12)15(18)19)20-7-9-4-3-5-10(17)13(9)16/h3-6,8H,7H2,1-2H3,(H,18,19). The molecule has 0 spiro atoms. The lowest BCUT2D eigenvalue weighted by molar-refractivity contribution is 0.0697. The van der Waals surface area contributed by atoms with Gasteiger partial charge in [-0.05, 0) is 34.0 Å². The van der Waals surface area contributed by atoms with E-state index in [1.165, 1.54) is 17.4 Å². The van der Waals surface area contributed by atoms with Crippen LogP contribution in [0.15, 0.2) is 28.7 Å². The van der Waals surface area contributed by atoms with E-state index in [1.54, 1.807) is 18.2 Å². The van der Waals surface area contributed by atoms with Crippen LogP contribution in [0.3, 0.4) is 0 Å². The average Bonchev–Trinajstić information content (AvgIpc) is 2.85. The van der Waals surface area contributed by atoms with Crippen LogP contribution in [0.1, 0.15) is 39.9 Å². The minimum absolute atomic E-state index is 0.104. The summed E-state index contributed by atoms with van der Waals surface area (Å²) in [5, 5.41) is 9.22. The number of benzene rings is 1. The van der Waals surface area contributed by atoms with Crippen molar-refractivity contribution in [3.63, 3.8) is 0 Å². The van der Waals surface area contributed by atoms with Crippen LogP contribution in [0.2, 0.25) is 0 Å². The van der Waals surface area contributed by atoms with E-state index in [2.05, 4.69) is 15.9 Å². The first-order chi connectivity index (χ1) is 9.90. The van der Waals surface area contributed by atoms with E-state index in [4.69, 9.17) is 4.74 Å². The largest absolute Gasteiger partial charge is 0.487 e. The van der Waals surface area contributed by atoms with Gasteiger partial charge in [0.2, 0.25) is 0 Å². The number of aromatic carboxylic acids is 1. The molecule has 3 nitrogen and oxygen atoms in total. The Morgan fingerprint density at radius 2 is 2.19 bits per heavy atom. The maximum Gasteiger partial charge on any atom is 0.349 e. The monoisotopic (exact) mass is 372 g/mol. The minimum atomic E-state index is -1.01. The molecule has 0 radical (unpaired) electrons. The molecule has 1 aromatic heterocycles. The summed E-state index contributed by atoms with van der Waals surface area (Å²) in [7, 11) is 0. The highest BCUT2D eigenvalue weighted by molar-refractivity contribution is 9.10. The Morgan fingerprint density at radius 1 is 1.48 bits per heavy atom. The molecule has 0 amide bonds. The van der Waals surface area contributed by atoms with Crippen LogP contribution in [0, 0.1) is 5.82 Å². The van der Waals surface area contributed by atoms with Gasteiger partial charge in [0.05, 0.1) is 4.47 Å². The van der Waals surface area contributed by atoms with Crippen molar-refractivity contribution in [2.24, 2.45) is 0 Å². The fourth-order valence-corrected chi connectivity index (χ4v) is 3.07. The van der Waals surface area contributed by atoms with E-state index in [1.807, 2.05) is 13.8 Å². The van der Waals surface area contributed by atoms with Crippen molar-refractivity contribution < 1.29 is 19.0 Å². The quantitative estimate of drug-likeness (QED) is 0.798. The third-order valence-electron chi connectivity index (χ3n) is 2.90. The topological polar surface area (TPSA) is 46.5 Å². The molecule has 0 saturated carbocycles. The molecule has 2 aromatic rings. The van der Waals surface area contributed by atoms with Gasteiger partial charge in [-0.15, -0.1) is 11.3 Å². The number of carboxylic acids is 1. The minimum Gasteiger partial charge on any atom is -0.487 e. The highest BCUT2D eigenvalue weighted by atomic mass is 79.9. The second kappa shape index (κ2) is 6.58. The van der Waals surface area contributed by atoms with E-state index in [-0.39, 0.29) is 23.2 Å². The molecular formula is C15H14BrFO3S. The lowest BCUT2D eigenvalue weighted by atomic mass is 10.2. The number of hydrogen-bond donors (Lipinski definition) is 1. The van der Waals surface area contributed by atoms with Crippen molar-refractivity contribution in [3.05, 3.63) is 49.9 Å². The van der Waals surface area contributed by atoms with Gasteiger partial charge in [-0.3, -0.25) is 0 Å². The predicted molar refractivity (Wildman–Crippen MR) is 83.8 cm³/mol. The lowest BCUT2D eigenvalue weighted by Crippen LogP contribution is -2.01. The third-order valence-corrected chi connectivity index (χ3v) is 5.19. The van der Waals surface area contributed by atoms with Gasteiger partial charge in [0.1, 0.15) is 18.2 Å². The number of thiophene rings is 1. The zero-order valence-electron chi connectivity index (χ0n) is 11.5. The number of rotatable bonds is 5. The maximum absolute atomic E-state index is 13.4. The normalized spacial score (nSPS) is 10.9. The summed E-state index contributed by atoms with van der Waals surface area (Å²) in [6, 6.07) is 6.40. The Balaban J connectivity index is 2.23. The first-order valence-electron chi connectivity index (χ1n) is 6.33. The van der Waals surface area contributed by atoms with Crippen molar-refractivity contribution in [1.82, 2.24) is 0 Å². The van der Waals surface area contributed by atoms with Crippen LogP contribution in [0.5, 0.6) is 5.75 Å². The van der Waals surface area contributed by atoms with E-state index < -0.39 is 5.97 Å². The average molecular weight is 373 g/mol. The summed E-state index contributed by atoms with van der Waals surface area (Å²) in [5.41, 5.74) is 0.628. The fraction of sp³-hybridized carbons (Fsp3) is 0.267. The smallest absolute Gasteiger partial charge is 0.349 e. The first kappa shape index (κ1) is 16.0. The maximum atomic E-state index is 13.4. The summed E-state index contributed by atoms with van der Waals surface area (Å²) in [6.07, 6.45) is 0. The van der Waals surface area contributed by atoms with Crippen LogP contribution in [-0.4, -0.2) is 11.1 Å². The summed E-state index contributed by atoms with van der Waals surface area (Å²) >= 11 is 4.37.